The van der Waals surface area contributed by atoms with Crippen molar-refractivity contribution in [3.63, 3.8) is 0 Å². The second-order valence-electron chi connectivity index (χ2n) is 4.79. The molecular weight excluding hydrogens is 256 g/mol. The van der Waals surface area contributed by atoms with E-state index >= 15 is 0 Å². The quantitative estimate of drug-likeness (QED) is 0.843. The molecule has 1 aromatic carbocycles. The number of benzene rings is 1. The van der Waals surface area contributed by atoms with Gasteiger partial charge in [0.1, 0.15) is 11.9 Å². The number of hydrogen-bond acceptors (Lipinski definition) is 4. The Bertz CT molecular complexity index is 623. The number of anilines is 1. The first kappa shape index (κ1) is 12.9. The number of pyridine rings is 1. The average molecular weight is 272 g/mol. The van der Waals surface area contributed by atoms with Crippen LogP contribution in [0.4, 0.5) is 10.6 Å². The summed E-state index contributed by atoms with van der Waals surface area (Å²) in [5.74, 6) is 0.576. The first-order chi connectivity index (χ1) is 9.74. The molecule has 0 aliphatic carbocycles. The fourth-order valence-electron chi connectivity index (χ4n) is 2.16. The van der Waals surface area contributed by atoms with Crippen LogP contribution in [0.15, 0.2) is 36.4 Å². The average Bonchev–Trinajstić information content (AvgIpc) is 2.99. The van der Waals surface area contributed by atoms with Gasteiger partial charge in [0.25, 0.3) is 0 Å². The Morgan fingerprint density at radius 1 is 1.35 bits per heavy atom. The first-order valence-electron chi connectivity index (χ1n) is 6.62. The van der Waals surface area contributed by atoms with E-state index in [2.05, 4.69) is 4.98 Å². The number of amides is 1. The summed E-state index contributed by atoms with van der Waals surface area (Å²) >= 11 is 0. The van der Waals surface area contributed by atoms with Gasteiger partial charge in [0, 0.05) is 18.9 Å². The Labute approximate surface area is 117 Å². The van der Waals surface area contributed by atoms with Gasteiger partial charge in [-0.1, -0.05) is 18.2 Å². The van der Waals surface area contributed by atoms with Crippen molar-refractivity contribution in [2.45, 2.75) is 12.5 Å². The van der Waals surface area contributed by atoms with Gasteiger partial charge in [-0.3, -0.25) is 4.90 Å². The third-order valence-electron chi connectivity index (χ3n) is 3.36. The summed E-state index contributed by atoms with van der Waals surface area (Å²) < 4.78 is 10.6. The lowest BCUT2D eigenvalue weighted by molar-refractivity contribution is 0.0889. The van der Waals surface area contributed by atoms with Crippen molar-refractivity contribution in [1.29, 1.82) is 0 Å². The Balaban J connectivity index is 1.76. The largest absolute Gasteiger partial charge is 0.443 e. The van der Waals surface area contributed by atoms with E-state index in [1.165, 1.54) is 4.90 Å². The molecule has 1 aliphatic rings. The van der Waals surface area contributed by atoms with Gasteiger partial charge in [-0.05, 0) is 18.2 Å². The lowest BCUT2D eigenvalue weighted by Gasteiger charge is -2.18. The maximum absolute atomic E-state index is 12.0. The molecule has 0 bridgehead atoms. The molecule has 1 saturated heterocycles. The third kappa shape index (κ3) is 2.58. The molecule has 1 aromatic heterocycles. The van der Waals surface area contributed by atoms with Crippen LogP contribution in [-0.4, -0.2) is 37.4 Å². The minimum atomic E-state index is -0.400. The van der Waals surface area contributed by atoms with Crippen molar-refractivity contribution in [3.8, 4) is 0 Å². The predicted octanol–water partition coefficient (Wildman–Crippen LogP) is 2.60. The van der Waals surface area contributed by atoms with E-state index in [9.17, 15) is 4.79 Å². The number of carbonyl (C=O) groups excluding carboxylic acids is 1. The first-order valence-corrected chi connectivity index (χ1v) is 6.62. The Morgan fingerprint density at radius 3 is 3.00 bits per heavy atom. The summed E-state index contributed by atoms with van der Waals surface area (Å²) in [6, 6.07) is 11.5. The van der Waals surface area contributed by atoms with Gasteiger partial charge in [0.05, 0.1) is 18.7 Å². The molecule has 104 valence electrons. The zero-order valence-electron chi connectivity index (χ0n) is 11.3. The molecule has 0 N–H and O–H groups in total. The second kappa shape index (κ2) is 5.46. The minimum Gasteiger partial charge on any atom is -0.443 e. The van der Waals surface area contributed by atoms with Gasteiger partial charge in [0.2, 0.25) is 0 Å². The standard InChI is InChI=1S/C15H16N2O3/c1-17(15(18)20-12-8-9-19-10-12)14-7-6-11-4-2-3-5-13(11)16-14/h2-7,12H,8-10H2,1H3. The molecule has 3 rings (SSSR count). The fourth-order valence-corrected chi connectivity index (χ4v) is 2.16. The van der Waals surface area contributed by atoms with Gasteiger partial charge in [-0.15, -0.1) is 0 Å². The van der Waals surface area contributed by atoms with E-state index in [1.807, 2.05) is 36.4 Å². The maximum Gasteiger partial charge on any atom is 0.415 e. The molecule has 5 nitrogen and oxygen atoms in total. The Hall–Kier alpha value is -2.14. The Kier molecular flexibility index (Phi) is 3.52. The summed E-state index contributed by atoms with van der Waals surface area (Å²) in [5.41, 5.74) is 0.855. The van der Waals surface area contributed by atoms with Crippen molar-refractivity contribution >= 4 is 22.8 Å². The Morgan fingerprint density at radius 2 is 2.20 bits per heavy atom. The lowest BCUT2D eigenvalue weighted by Crippen LogP contribution is -2.31. The number of carbonyl (C=O) groups is 1. The van der Waals surface area contributed by atoms with Gasteiger partial charge in [0.15, 0.2) is 0 Å². The fraction of sp³-hybridized carbons (Fsp3) is 0.333. The van der Waals surface area contributed by atoms with E-state index < -0.39 is 6.09 Å². The maximum atomic E-state index is 12.0. The van der Waals surface area contributed by atoms with Crippen molar-refractivity contribution in [2.24, 2.45) is 0 Å². The summed E-state index contributed by atoms with van der Waals surface area (Å²) in [7, 11) is 1.66. The highest BCUT2D eigenvalue weighted by Gasteiger charge is 2.23. The number of aromatic nitrogens is 1. The molecule has 1 unspecified atom stereocenters. The predicted molar refractivity (Wildman–Crippen MR) is 75.9 cm³/mol. The van der Waals surface area contributed by atoms with Crippen molar-refractivity contribution in [2.75, 3.05) is 25.2 Å². The summed E-state index contributed by atoms with van der Waals surface area (Å²) in [5, 5.41) is 1.04. The molecule has 1 atom stereocenters. The number of para-hydroxylation sites is 1. The molecule has 1 aliphatic heterocycles. The van der Waals surface area contributed by atoms with Gasteiger partial charge in [-0.25, -0.2) is 9.78 Å². The van der Waals surface area contributed by atoms with Crippen LogP contribution in [-0.2, 0) is 9.47 Å². The number of hydrogen-bond donors (Lipinski definition) is 0. The second-order valence-corrected chi connectivity index (χ2v) is 4.79. The van der Waals surface area contributed by atoms with E-state index in [0.29, 0.717) is 19.0 Å². The normalized spacial score (nSPS) is 18.1. The van der Waals surface area contributed by atoms with Crippen molar-refractivity contribution in [3.05, 3.63) is 36.4 Å². The number of fused-ring (bicyclic) bond motifs is 1. The van der Waals surface area contributed by atoms with Gasteiger partial charge < -0.3 is 9.47 Å². The monoisotopic (exact) mass is 272 g/mol. The zero-order chi connectivity index (χ0) is 13.9. The third-order valence-corrected chi connectivity index (χ3v) is 3.36. The summed E-state index contributed by atoms with van der Waals surface area (Å²) in [6.07, 6.45) is 0.207. The van der Waals surface area contributed by atoms with Crippen LogP contribution in [0.3, 0.4) is 0 Å². The van der Waals surface area contributed by atoms with E-state index in [4.69, 9.17) is 9.47 Å². The van der Waals surface area contributed by atoms with Crippen LogP contribution in [0.5, 0.6) is 0 Å². The molecule has 1 amide bonds. The molecule has 0 saturated carbocycles. The van der Waals surface area contributed by atoms with Crippen LogP contribution >= 0.6 is 0 Å². The van der Waals surface area contributed by atoms with E-state index in [0.717, 1.165) is 17.3 Å². The topological polar surface area (TPSA) is 51.7 Å². The van der Waals surface area contributed by atoms with Crippen molar-refractivity contribution in [1.82, 2.24) is 4.98 Å². The van der Waals surface area contributed by atoms with Crippen molar-refractivity contribution < 1.29 is 14.3 Å². The molecule has 1 fully saturated rings. The summed E-state index contributed by atoms with van der Waals surface area (Å²) in [6.45, 7) is 1.13. The molecule has 0 radical (unpaired) electrons. The number of nitrogens with zero attached hydrogens (tertiary/aromatic N) is 2. The van der Waals surface area contributed by atoms with Crippen LogP contribution in [0.2, 0.25) is 0 Å². The smallest absolute Gasteiger partial charge is 0.415 e. The number of rotatable bonds is 2. The summed E-state index contributed by atoms with van der Waals surface area (Å²) in [4.78, 5) is 17.9. The highest BCUT2D eigenvalue weighted by atomic mass is 16.6. The van der Waals surface area contributed by atoms with Crippen LogP contribution < -0.4 is 4.90 Å². The van der Waals surface area contributed by atoms with E-state index in [1.54, 1.807) is 7.05 Å². The molecule has 2 aromatic rings. The molecule has 0 spiro atoms. The highest BCUT2D eigenvalue weighted by molar-refractivity contribution is 5.88. The molecule has 5 heteroatoms. The van der Waals surface area contributed by atoms with Crippen LogP contribution in [0.25, 0.3) is 10.9 Å². The lowest BCUT2D eigenvalue weighted by atomic mass is 10.2. The molecule has 2 heterocycles. The van der Waals surface area contributed by atoms with E-state index in [-0.39, 0.29) is 6.10 Å². The minimum absolute atomic E-state index is 0.148. The van der Waals surface area contributed by atoms with Crippen LogP contribution in [0.1, 0.15) is 6.42 Å². The molecular formula is C15H16N2O3. The molecule has 20 heavy (non-hydrogen) atoms. The SMILES string of the molecule is CN(C(=O)OC1CCOC1)c1ccc2ccccc2n1. The van der Waals surface area contributed by atoms with Gasteiger partial charge in [-0.2, -0.15) is 0 Å². The van der Waals surface area contributed by atoms with Crippen LogP contribution in [0, 0.1) is 0 Å². The zero-order valence-corrected chi connectivity index (χ0v) is 11.3. The van der Waals surface area contributed by atoms with Gasteiger partial charge >= 0.3 is 6.09 Å². The number of ether oxygens (including phenoxy) is 2. The highest BCUT2D eigenvalue weighted by Crippen LogP contribution is 2.18.